The highest BCUT2D eigenvalue weighted by Gasteiger charge is 2.22. The van der Waals surface area contributed by atoms with Crippen molar-refractivity contribution in [2.24, 2.45) is 5.73 Å². The Morgan fingerprint density at radius 1 is 1.47 bits per heavy atom. The summed E-state index contributed by atoms with van der Waals surface area (Å²) in [6.07, 6.45) is 2.32. The summed E-state index contributed by atoms with van der Waals surface area (Å²) in [5.41, 5.74) is 5.35. The minimum Gasteiger partial charge on any atom is -0.354 e. The molecule has 1 heterocycles. The van der Waals surface area contributed by atoms with Gasteiger partial charge in [-0.3, -0.25) is 9.69 Å². The molecule has 17 heavy (non-hydrogen) atoms. The molecule has 0 radical (unpaired) electrons. The molecule has 0 aromatic rings. The number of piperidine rings is 1. The second-order valence-electron chi connectivity index (χ2n) is 4.72. The summed E-state index contributed by atoms with van der Waals surface area (Å²) in [6.45, 7) is 7.19. The molecular weight excluding hydrogens is 216 g/mol. The van der Waals surface area contributed by atoms with Crippen molar-refractivity contribution < 1.29 is 4.79 Å². The fraction of sp³-hybridized carbons (Fsp3) is 0.917. The summed E-state index contributed by atoms with van der Waals surface area (Å²) in [4.78, 5) is 16.2. The number of hydrogen-bond acceptors (Lipinski definition) is 4. The average Bonchev–Trinajstić information content (AvgIpc) is 2.36. The summed E-state index contributed by atoms with van der Waals surface area (Å²) in [6, 6.07) is 0.543. The van der Waals surface area contributed by atoms with Gasteiger partial charge in [0, 0.05) is 19.1 Å². The third-order valence-corrected chi connectivity index (χ3v) is 3.49. The van der Waals surface area contributed by atoms with Crippen LogP contribution in [-0.2, 0) is 4.79 Å². The molecule has 0 aromatic heterocycles. The van der Waals surface area contributed by atoms with Crippen LogP contribution in [0, 0.1) is 0 Å². The molecule has 0 saturated carbocycles. The number of amides is 1. The highest BCUT2D eigenvalue weighted by Crippen LogP contribution is 2.14. The zero-order valence-corrected chi connectivity index (χ0v) is 11.1. The minimum absolute atomic E-state index is 0.0795. The molecule has 5 nitrogen and oxygen atoms in total. The molecule has 5 heteroatoms. The maximum absolute atomic E-state index is 11.6. The van der Waals surface area contributed by atoms with Crippen LogP contribution in [0.3, 0.4) is 0 Å². The average molecular weight is 242 g/mol. The Balaban J connectivity index is 2.24. The second-order valence-corrected chi connectivity index (χ2v) is 4.72. The Morgan fingerprint density at radius 2 is 2.12 bits per heavy atom. The molecule has 0 atom stereocenters. The van der Waals surface area contributed by atoms with E-state index < -0.39 is 0 Å². The largest absolute Gasteiger partial charge is 0.354 e. The Morgan fingerprint density at radius 3 is 2.65 bits per heavy atom. The standard InChI is InChI=1S/C12H26N4O/c1-3-16-8-4-11(5-9-16)15(2)10-12(17)14-7-6-13/h11H,3-10,13H2,1-2H3,(H,14,17). The number of carbonyl (C=O) groups excluding carboxylic acids is 1. The fourth-order valence-corrected chi connectivity index (χ4v) is 2.30. The number of carbonyl (C=O) groups is 1. The topological polar surface area (TPSA) is 61.6 Å². The van der Waals surface area contributed by atoms with Crippen molar-refractivity contribution >= 4 is 5.91 Å². The van der Waals surface area contributed by atoms with Crippen molar-refractivity contribution in [3.05, 3.63) is 0 Å². The number of nitrogens with two attached hydrogens (primary N) is 1. The first-order chi connectivity index (χ1) is 8.17. The zero-order chi connectivity index (χ0) is 12.7. The number of nitrogens with zero attached hydrogens (tertiary/aromatic N) is 2. The van der Waals surface area contributed by atoms with Gasteiger partial charge in [-0.2, -0.15) is 0 Å². The van der Waals surface area contributed by atoms with Crippen LogP contribution in [-0.4, -0.2) is 68.1 Å². The van der Waals surface area contributed by atoms with Crippen molar-refractivity contribution in [1.29, 1.82) is 0 Å². The van der Waals surface area contributed by atoms with Crippen LogP contribution in [0.4, 0.5) is 0 Å². The van der Waals surface area contributed by atoms with Crippen molar-refractivity contribution in [2.75, 3.05) is 46.3 Å². The number of nitrogens with one attached hydrogen (secondary N) is 1. The van der Waals surface area contributed by atoms with E-state index in [0.717, 1.165) is 32.5 Å². The molecule has 1 saturated heterocycles. The van der Waals surface area contributed by atoms with Crippen LogP contribution in [0.2, 0.25) is 0 Å². The van der Waals surface area contributed by atoms with Crippen LogP contribution in [0.15, 0.2) is 0 Å². The Bertz CT molecular complexity index is 227. The maximum Gasteiger partial charge on any atom is 0.234 e. The van der Waals surface area contributed by atoms with Crippen LogP contribution in [0.5, 0.6) is 0 Å². The molecule has 1 rings (SSSR count). The summed E-state index contributed by atoms with van der Waals surface area (Å²) in [7, 11) is 2.04. The third-order valence-electron chi connectivity index (χ3n) is 3.49. The summed E-state index contributed by atoms with van der Waals surface area (Å²) in [5.74, 6) is 0.0795. The van der Waals surface area contributed by atoms with Crippen LogP contribution in [0.25, 0.3) is 0 Å². The quantitative estimate of drug-likeness (QED) is 0.658. The molecule has 0 unspecified atom stereocenters. The van der Waals surface area contributed by atoms with E-state index in [4.69, 9.17) is 5.73 Å². The Hall–Kier alpha value is -0.650. The smallest absolute Gasteiger partial charge is 0.234 e. The highest BCUT2D eigenvalue weighted by molar-refractivity contribution is 5.77. The van der Waals surface area contributed by atoms with Gasteiger partial charge in [0.2, 0.25) is 5.91 Å². The lowest BCUT2D eigenvalue weighted by Crippen LogP contribution is -2.46. The number of rotatable bonds is 6. The first-order valence-corrected chi connectivity index (χ1v) is 6.56. The predicted molar refractivity (Wildman–Crippen MR) is 69.8 cm³/mol. The van der Waals surface area contributed by atoms with E-state index in [2.05, 4.69) is 22.0 Å². The van der Waals surface area contributed by atoms with Crippen LogP contribution in [0.1, 0.15) is 19.8 Å². The van der Waals surface area contributed by atoms with Crippen molar-refractivity contribution in [3.8, 4) is 0 Å². The number of likely N-dealkylation sites (N-methyl/N-ethyl adjacent to an activating group) is 1. The normalized spacial score (nSPS) is 18.6. The molecule has 1 amide bonds. The van der Waals surface area contributed by atoms with E-state index in [9.17, 15) is 4.79 Å². The van der Waals surface area contributed by atoms with Gasteiger partial charge in [-0.1, -0.05) is 6.92 Å². The molecule has 3 N–H and O–H groups in total. The van der Waals surface area contributed by atoms with Crippen LogP contribution < -0.4 is 11.1 Å². The second kappa shape index (κ2) is 7.63. The van der Waals surface area contributed by atoms with E-state index in [1.165, 1.54) is 0 Å². The van der Waals surface area contributed by atoms with E-state index >= 15 is 0 Å². The van der Waals surface area contributed by atoms with E-state index in [1.807, 2.05) is 7.05 Å². The van der Waals surface area contributed by atoms with Gasteiger partial charge in [0.25, 0.3) is 0 Å². The van der Waals surface area contributed by atoms with Gasteiger partial charge >= 0.3 is 0 Å². The number of hydrogen-bond donors (Lipinski definition) is 2. The molecule has 1 fully saturated rings. The lowest BCUT2D eigenvalue weighted by molar-refractivity contribution is -0.122. The lowest BCUT2D eigenvalue weighted by Gasteiger charge is -2.35. The molecule has 0 bridgehead atoms. The van der Waals surface area contributed by atoms with E-state index in [0.29, 0.717) is 25.7 Å². The molecule has 0 aromatic carbocycles. The first kappa shape index (κ1) is 14.4. The molecular formula is C12H26N4O. The SMILES string of the molecule is CCN1CCC(N(C)CC(=O)NCCN)CC1. The van der Waals surface area contributed by atoms with Gasteiger partial charge in [0.05, 0.1) is 6.54 Å². The van der Waals surface area contributed by atoms with E-state index in [-0.39, 0.29) is 5.91 Å². The Kier molecular flexibility index (Phi) is 6.47. The predicted octanol–water partition coefficient (Wildman–Crippen LogP) is -0.523. The monoisotopic (exact) mass is 242 g/mol. The Labute approximate surface area is 104 Å². The minimum atomic E-state index is 0.0795. The molecule has 0 aliphatic carbocycles. The molecule has 1 aliphatic heterocycles. The fourth-order valence-electron chi connectivity index (χ4n) is 2.30. The molecule has 0 spiro atoms. The number of likely N-dealkylation sites (tertiary alicyclic amines) is 1. The highest BCUT2D eigenvalue weighted by atomic mass is 16.2. The zero-order valence-electron chi connectivity index (χ0n) is 11.1. The van der Waals surface area contributed by atoms with Crippen molar-refractivity contribution in [1.82, 2.24) is 15.1 Å². The third kappa shape index (κ3) is 5.02. The van der Waals surface area contributed by atoms with Gasteiger partial charge in [0.1, 0.15) is 0 Å². The summed E-state index contributed by atoms with van der Waals surface area (Å²) < 4.78 is 0. The van der Waals surface area contributed by atoms with Gasteiger partial charge in [-0.25, -0.2) is 0 Å². The first-order valence-electron chi connectivity index (χ1n) is 6.56. The van der Waals surface area contributed by atoms with E-state index in [1.54, 1.807) is 0 Å². The molecule has 1 aliphatic rings. The van der Waals surface area contributed by atoms with Gasteiger partial charge in [-0.05, 0) is 39.5 Å². The summed E-state index contributed by atoms with van der Waals surface area (Å²) >= 11 is 0. The summed E-state index contributed by atoms with van der Waals surface area (Å²) in [5, 5.41) is 2.81. The maximum atomic E-state index is 11.6. The van der Waals surface area contributed by atoms with Gasteiger partial charge < -0.3 is 16.0 Å². The lowest BCUT2D eigenvalue weighted by atomic mass is 10.0. The van der Waals surface area contributed by atoms with Crippen LogP contribution >= 0.6 is 0 Å². The van der Waals surface area contributed by atoms with Gasteiger partial charge in [-0.15, -0.1) is 0 Å². The molecule has 100 valence electrons. The van der Waals surface area contributed by atoms with Crippen molar-refractivity contribution in [3.63, 3.8) is 0 Å². The van der Waals surface area contributed by atoms with Crippen molar-refractivity contribution in [2.45, 2.75) is 25.8 Å². The van der Waals surface area contributed by atoms with Gasteiger partial charge in [0.15, 0.2) is 0 Å².